The van der Waals surface area contributed by atoms with Gasteiger partial charge in [0.1, 0.15) is 11.4 Å². The Labute approximate surface area is 250 Å². The van der Waals surface area contributed by atoms with E-state index >= 15 is 0 Å². The molecule has 0 spiro atoms. The molecule has 0 aliphatic carbocycles. The minimum absolute atomic E-state index is 0.772. The second-order valence-electron chi connectivity index (χ2n) is 7.53. The first kappa shape index (κ1) is 32.7. The van der Waals surface area contributed by atoms with Crippen LogP contribution >= 0.6 is 24.1 Å². The van der Waals surface area contributed by atoms with Crippen molar-refractivity contribution in [3.05, 3.63) is 97.1 Å². The summed E-state index contributed by atoms with van der Waals surface area (Å²) in [5, 5.41) is 38.6. The number of aromatic amines is 2. The van der Waals surface area contributed by atoms with Crippen molar-refractivity contribution < 1.29 is 39.5 Å². The highest BCUT2D eigenvalue weighted by Gasteiger charge is 2.14. The third kappa shape index (κ3) is 9.07. The van der Waals surface area contributed by atoms with Crippen molar-refractivity contribution in [1.29, 1.82) is 0 Å². The van der Waals surface area contributed by atoms with Crippen LogP contribution in [0.2, 0.25) is 0 Å². The monoisotopic (exact) mass is 612 g/mol. The lowest BCUT2D eigenvalue weighted by molar-refractivity contribution is -0.454. The average molecular weight is 613 g/mol. The predicted octanol–water partition coefficient (Wildman–Crippen LogP) is 6.59. The molecule has 0 radical (unpaired) electrons. The van der Waals surface area contributed by atoms with Crippen molar-refractivity contribution in [3.63, 3.8) is 0 Å². The molecule has 6 aromatic rings. The van der Waals surface area contributed by atoms with Gasteiger partial charge in [-0.05, 0) is 58.1 Å². The Morgan fingerprint density at radius 3 is 1.31 bits per heavy atom. The molecule has 0 bridgehead atoms. The number of nitrogens with one attached hydrogen (secondary N) is 2. The fourth-order valence-corrected chi connectivity index (χ4v) is 4.25. The summed E-state index contributed by atoms with van der Waals surface area (Å²) in [6, 6.07) is 30.6. The Hall–Kier alpha value is -3.86. The lowest BCUT2D eigenvalue weighted by Crippen LogP contribution is -2.17. The number of H-pyrrole nitrogens is 2. The van der Waals surface area contributed by atoms with Gasteiger partial charge < -0.3 is 0 Å². The lowest BCUT2D eigenvalue weighted by Gasteiger charge is -1.93. The highest BCUT2D eigenvalue weighted by atomic mass is 32.2. The maximum absolute atomic E-state index is 8.12. The van der Waals surface area contributed by atoms with E-state index in [1.54, 1.807) is 9.59 Å². The van der Waals surface area contributed by atoms with Gasteiger partial charge in [-0.15, -0.1) is 8.67 Å². The highest BCUT2D eigenvalue weighted by Crippen LogP contribution is 2.23. The number of benzene rings is 4. The number of rotatable bonds is 8. The van der Waals surface area contributed by atoms with Crippen molar-refractivity contribution in [2.45, 2.75) is 37.5 Å². The second kappa shape index (κ2) is 17.8. The molecule has 0 unspecified atom stereocenters. The Morgan fingerprint density at radius 1 is 0.571 bits per heavy atom. The van der Waals surface area contributed by atoms with Crippen LogP contribution in [0.3, 0.4) is 0 Å². The molecule has 42 heavy (non-hydrogen) atoms. The zero-order valence-electron chi connectivity index (χ0n) is 23.4. The number of hydrogen-bond acceptors (Lipinski definition) is 10. The third-order valence-corrected chi connectivity index (χ3v) is 6.28. The third-order valence-electron chi connectivity index (χ3n) is 5.13. The Balaban J connectivity index is 0.000000206. The zero-order chi connectivity index (χ0) is 30.2. The van der Waals surface area contributed by atoms with Crippen molar-refractivity contribution in [2.75, 3.05) is 0 Å². The number of aromatic nitrogens is 6. The molecule has 0 fully saturated rings. The van der Waals surface area contributed by atoms with Gasteiger partial charge >= 0.3 is 0 Å². The molecule has 14 heteroatoms. The summed E-state index contributed by atoms with van der Waals surface area (Å²) >= 11 is 1.81. The van der Waals surface area contributed by atoms with Gasteiger partial charge in [0.05, 0.1) is 34.3 Å². The first-order valence-corrected chi connectivity index (χ1v) is 14.5. The summed E-state index contributed by atoms with van der Waals surface area (Å²) in [4.78, 5) is 4.94. The van der Waals surface area contributed by atoms with Crippen LogP contribution in [0, 0.1) is 0 Å². The predicted molar refractivity (Wildman–Crippen MR) is 159 cm³/mol. The van der Waals surface area contributed by atoms with Gasteiger partial charge in [-0.25, -0.2) is 10.5 Å². The molecule has 2 heterocycles. The topological polar surface area (TPSA) is 141 Å². The number of hydrogen-bond donors (Lipinski definition) is 2. The average Bonchev–Trinajstić information content (AvgIpc) is 3.70. The Morgan fingerprint density at radius 2 is 0.952 bits per heavy atom. The van der Waals surface area contributed by atoms with Gasteiger partial charge in [-0.3, -0.25) is 0 Å². The smallest absolute Gasteiger partial charge is 0.220 e. The van der Waals surface area contributed by atoms with E-state index in [2.05, 4.69) is 39.1 Å². The maximum atomic E-state index is 8.12. The quantitative estimate of drug-likeness (QED) is 0.110. The minimum Gasteiger partial charge on any atom is -0.220 e. The Bertz CT molecular complexity index is 1500. The van der Waals surface area contributed by atoms with Crippen LogP contribution in [-0.4, -0.2) is 30.3 Å². The summed E-state index contributed by atoms with van der Waals surface area (Å²) < 4.78 is 8.77. The molecule has 220 valence electrons. The van der Waals surface area contributed by atoms with Crippen molar-refractivity contribution in [3.8, 4) is 11.4 Å². The highest BCUT2D eigenvalue weighted by molar-refractivity contribution is 7.94. The van der Waals surface area contributed by atoms with Gasteiger partial charge in [0, 0.05) is 21.9 Å². The first-order chi connectivity index (χ1) is 20.7. The summed E-state index contributed by atoms with van der Waals surface area (Å²) in [6.07, 6.45) is 0. The summed E-state index contributed by atoms with van der Waals surface area (Å²) in [5.74, 6) is 0. The fourth-order valence-electron chi connectivity index (χ4n) is 3.47. The van der Waals surface area contributed by atoms with Crippen LogP contribution in [-0.2, 0) is 18.7 Å². The molecule has 0 amide bonds. The van der Waals surface area contributed by atoms with Crippen LogP contribution in [0.15, 0.2) is 107 Å². The standard InChI is InChI=1S/2C12H9N3O3S.2C2H6/c2*16-17-18-19-10-6-7-11-12(8-10)14-15(13-11)9-4-2-1-3-5-9;2*1-2/h2*1-8,16H;2*1-2H3/p+2. The van der Waals surface area contributed by atoms with Crippen molar-refractivity contribution >= 4 is 46.2 Å². The van der Waals surface area contributed by atoms with E-state index in [4.69, 9.17) is 10.5 Å². The fraction of sp³-hybridized carbons (Fsp3) is 0.143. The van der Waals surface area contributed by atoms with Crippen LogP contribution in [0.4, 0.5) is 0 Å². The number of nitrogens with zero attached hydrogens (tertiary/aromatic N) is 4. The van der Waals surface area contributed by atoms with Crippen molar-refractivity contribution in [1.82, 2.24) is 19.8 Å². The number of para-hydroxylation sites is 2. The number of fused-ring (bicyclic) bond motifs is 2. The van der Waals surface area contributed by atoms with Crippen LogP contribution in [0.25, 0.3) is 33.4 Å². The van der Waals surface area contributed by atoms with E-state index in [0.717, 1.165) is 67.3 Å². The lowest BCUT2D eigenvalue weighted by atomic mass is 10.3. The molecule has 2 aromatic heterocycles. The van der Waals surface area contributed by atoms with Crippen LogP contribution in [0.5, 0.6) is 0 Å². The molecule has 0 saturated heterocycles. The summed E-state index contributed by atoms with van der Waals surface area (Å²) in [7, 11) is 0. The van der Waals surface area contributed by atoms with Gasteiger partial charge in [-0.1, -0.05) is 74.2 Å². The SMILES string of the molecule is CC.CC.OOOSc1ccc2[nH+]n(-c3ccccc3)nc2c1.OOOSc1ccc2[nH+]n(-c3ccccc3)nc2c1. The van der Waals surface area contributed by atoms with E-state index < -0.39 is 0 Å². The zero-order valence-corrected chi connectivity index (χ0v) is 25.0. The van der Waals surface area contributed by atoms with Gasteiger partial charge in [0.2, 0.25) is 0 Å². The summed E-state index contributed by atoms with van der Waals surface area (Å²) in [6.45, 7) is 8.00. The molecular weight excluding hydrogens is 580 g/mol. The van der Waals surface area contributed by atoms with E-state index in [1.165, 1.54) is 0 Å². The van der Waals surface area contributed by atoms with Crippen LogP contribution in [0.1, 0.15) is 27.7 Å². The van der Waals surface area contributed by atoms with E-state index in [9.17, 15) is 0 Å². The molecule has 6 rings (SSSR count). The van der Waals surface area contributed by atoms with E-state index in [0.29, 0.717) is 0 Å². The van der Waals surface area contributed by atoms with Gasteiger partial charge in [0.25, 0.3) is 11.0 Å². The second-order valence-corrected chi connectivity index (χ2v) is 9.08. The molecule has 12 nitrogen and oxygen atoms in total. The molecule has 4 N–H and O–H groups in total. The van der Waals surface area contributed by atoms with E-state index in [-0.39, 0.29) is 0 Å². The van der Waals surface area contributed by atoms with Crippen molar-refractivity contribution in [2.24, 2.45) is 0 Å². The van der Waals surface area contributed by atoms with E-state index in [1.807, 2.05) is 125 Å². The largest absolute Gasteiger partial charge is 0.250 e. The molecular formula is C28H32N6O6S2+2. The molecule has 4 aromatic carbocycles. The van der Waals surface area contributed by atoms with Gasteiger partial charge in [-0.2, -0.15) is 10.2 Å². The summed E-state index contributed by atoms with van der Waals surface area (Å²) in [5.41, 5.74) is 5.27. The minimum atomic E-state index is 0.772. The molecule has 0 aliphatic rings. The maximum Gasteiger partial charge on any atom is 0.250 e. The first-order valence-electron chi connectivity index (χ1n) is 13.0. The molecule has 0 atom stereocenters. The molecule has 0 aliphatic heterocycles. The van der Waals surface area contributed by atoms with Gasteiger partial charge in [0.15, 0.2) is 11.0 Å². The Kier molecular flexibility index (Phi) is 13.9. The molecule has 0 saturated carbocycles. The normalized spacial score (nSPS) is 10.2. The van der Waals surface area contributed by atoms with Crippen LogP contribution < -0.4 is 10.2 Å².